The number of nitrogens with zero attached hydrogens (tertiary/aromatic N) is 3. The number of rotatable bonds is 7. The summed E-state index contributed by atoms with van der Waals surface area (Å²) in [4.78, 5) is 7.97. The van der Waals surface area contributed by atoms with Crippen LogP contribution in [0.3, 0.4) is 0 Å². The van der Waals surface area contributed by atoms with Crippen LogP contribution in [0.15, 0.2) is 34.9 Å². The summed E-state index contributed by atoms with van der Waals surface area (Å²) in [5.41, 5.74) is -0.830. The fraction of sp³-hybridized carbons (Fsp3) is 0.467. The lowest BCUT2D eigenvalue weighted by Crippen LogP contribution is -2.39. The maximum Gasteiger partial charge on any atom is 0.434 e. The molecule has 2 rings (SSSR count). The molecule has 2 aromatic rings. The average molecular weight is 359 g/mol. The Morgan fingerprint density at radius 2 is 2.04 bits per heavy atom. The van der Waals surface area contributed by atoms with Crippen LogP contribution in [0.2, 0.25) is 0 Å². The van der Waals surface area contributed by atoms with Crippen molar-refractivity contribution in [3.63, 3.8) is 0 Å². The Balaban J connectivity index is 1.80. The highest BCUT2D eigenvalue weighted by Gasteiger charge is 2.33. The van der Waals surface area contributed by atoms with Crippen molar-refractivity contribution in [1.82, 2.24) is 20.2 Å². The largest absolute Gasteiger partial charge is 0.434 e. The van der Waals surface area contributed by atoms with Crippen molar-refractivity contribution >= 4 is 17.3 Å². The van der Waals surface area contributed by atoms with Crippen molar-refractivity contribution in [2.24, 2.45) is 4.99 Å². The van der Waals surface area contributed by atoms with E-state index in [0.717, 1.165) is 23.3 Å². The first-order valence-corrected chi connectivity index (χ1v) is 8.51. The number of halogens is 3. The highest BCUT2D eigenvalue weighted by atomic mass is 32.1. The number of alkyl halides is 3. The van der Waals surface area contributed by atoms with Crippen LogP contribution in [0, 0.1) is 0 Å². The monoisotopic (exact) mass is 359 g/mol. The van der Waals surface area contributed by atoms with Crippen molar-refractivity contribution in [2.75, 3.05) is 19.6 Å². The molecule has 0 saturated carbocycles. The quantitative estimate of drug-likeness (QED) is 0.590. The van der Waals surface area contributed by atoms with Gasteiger partial charge in [-0.1, -0.05) is 0 Å². The third-order valence-electron chi connectivity index (χ3n) is 3.11. The van der Waals surface area contributed by atoms with Crippen LogP contribution < -0.4 is 10.6 Å². The van der Waals surface area contributed by atoms with Crippen molar-refractivity contribution in [1.29, 1.82) is 0 Å². The van der Waals surface area contributed by atoms with Gasteiger partial charge < -0.3 is 15.2 Å². The predicted molar refractivity (Wildman–Crippen MR) is 89.2 cm³/mol. The summed E-state index contributed by atoms with van der Waals surface area (Å²) >= 11 is 1.01. The van der Waals surface area contributed by atoms with E-state index in [9.17, 15) is 13.2 Å². The van der Waals surface area contributed by atoms with Gasteiger partial charge in [0.2, 0.25) is 0 Å². The zero-order valence-corrected chi connectivity index (χ0v) is 14.1. The molecule has 0 saturated heterocycles. The average Bonchev–Trinajstić information content (AvgIpc) is 3.18. The number of aliphatic imine (C=N–C) groups is 1. The van der Waals surface area contributed by atoms with E-state index in [1.807, 2.05) is 36.0 Å². The van der Waals surface area contributed by atoms with Crippen LogP contribution in [-0.4, -0.2) is 35.1 Å². The van der Waals surface area contributed by atoms with Crippen LogP contribution in [0.25, 0.3) is 0 Å². The lowest BCUT2D eigenvalue weighted by atomic mass is 10.4. The second-order valence-electron chi connectivity index (χ2n) is 4.98. The highest BCUT2D eigenvalue weighted by molar-refractivity contribution is 7.09. The summed E-state index contributed by atoms with van der Waals surface area (Å²) in [5.74, 6) is 0.650. The third-order valence-corrected chi connectivity index (χ3v) is 4.02. The van der Waals surface area contributed by atoms with E-state index in [1.54, 1.807) is 0 Å². The number of hydrogen-bond donors (Lipinski definition) is 2. The Hall–Kier alpha value is -2.03. The van der Waals surface area contributed by atoms with E-state index in [2.05, 4.69) is 20.6 Å². The molecule has 2 heterocycles. The van der Waals surface area contributed by atoms with E-state index >= 15 is 0 Å². The molecule has 24 heavy (non-hydrogen) atoms. The van der Waals surface area contributed by atoms with Crippen LogP contribution >= 0.6 is 11.3 Å². The van der Waals surface area contributed by atoms with Gasteiger partial charge in [-0.2, -0.15) is 13.2 Å². The fourth-order valence-corrected chi connectivity index (χ4v) is 2.78. The molecule has 0 fully saturated rings. The minimum absolute atomic E-state index is 0.379. The lowest BCUT2D eigenvalue weighted by Gasteiger charge is -2.11. The number of nitrogens with one attached hydrogen (secondary N) is 2. The molecule has 0 unspecified atom stereocenters. The molecule has 132 valence electrons. The Morgan fingerprint density at radius 3 is 2.67 bits per heavy atom. The van der Waals surface area contributed by atoms with Gasteiger partial charge in [-0.15, -0.1) is 11.3 Å². The first-order valence-electron chi connectivity index (χ1n) is 7.63. The van der Waals surface area contributed by atoms with Gasteiger partial charge in [0.05, 0.1) is 5.01 Å². The molecule has 0 amide bonds. The van der Waals surface area contributed by atoms with Gasteiger partial charge in [0.15, 0.2) is 11.7 Å². The molecule has 0 aromatic carbocycles. The third kappa shape index (κ3) is 5.88. The van der Waals surface area contributed by atoms with Crippen LogP contribution in [0.4, 0.5) is 13.2 Å². The van der Waals surface area contributed by atoms with Gasteiger partial charge in [-0.25, -0.2) is 4.98 Å². The Morgan fingerprint density at radius 1 is 1.29 bits per heavy atom. The molecule has 2 aromatic heterocycles. The molecule has 2 N–H and O–H groups in total. The first kappa shape index (κ1) is 18.3. The van der Waals surface area contributed by atoms with Gasteiger partial charge in [0.1, 0.15) is 0 Å². The van der Waals surface area contributed by atoms with Gasteiger partial charge in [0, 0.05) is 50.4 Å². The molecular weight excluding hydrogens is 339 g/mol. The van der Waals surface area contributed by atoms with E-state index < -0.39 is 11.9 Å². The fourth-order valence-electron chi connectivity index (χ4n) is 1.98. The second kappa shape index (κ2) is 8.72. The molecular formula is C15H20F3N5S. The van der Waals surface area contributed by atoms with Crippen molar-refractivity contribution in [2.45, 2.75) is 26.1 Å². The Kier molecular flexibility index (Phi) is 6.65. The Bertz CT molecular complexity index is 634. The SMILES string of the molecule is CCNC(=NCCc1nc(C(F)(F)F)cs1)NCCn1cccc1. The minimum atomic E-state index is -4.38. The van der Waals surface area contributed by atoms with Gasteiger partial charge in [0.25, 0.3) is 0 Å². The molecule has 0 bridgehead atoms. The molecule has 0 spiro atoms. The summed E-state index contributed by atoms with van der Waals surface area (Å²) in [7, 11) is 0. The van der Waals surface area contributed by atoms with Crippen LogP contribution in [0.5, 0.6) is 0 Å². The molecule has 9 heteroatoms. The second-order valence-corrected chi connectivity index (χ2v) is 5.93. The summed E-state index contributed by atoms with van der Waals surface area (Å²) in [6, 6.07) is 3.92. The van der Waals surface area contributed by atoms with Crippen molar-refractivity contribution in [3.8, 4) is 0 Å². The molecule has 0 aliphatic rings. The normalized spacial score (nSPS) is 12.4. The molecule has 0 radical (unpaired) electrons. The number of hydrogen-bond acceptors (Lipinski definition) is 3. The maximum absolute atomic E-state index is 12.5. The molecule has 0 atom stereocenters. The Labute approximate surface area is 142 Å². The number of guanidine groups is 1. The first-order chi connectivity index (χ1) is 11.5. The van der Waals surface area contributed by atoms with Crippen LogP contribution in [0.1, 0.15) is 17.6 Å². The summed E-state index contributed by atoms with van der Waals surface area (Å²) < 4.78 is 39.6. The van der Waals surface area contributed by atoms with E-state index in [0.29, 0.717) is 37.0 Å². The van der Waals surface area contributed by atoms with Gasteiger partial charge >= 0.3 is 6.18 Å². The van der Waals surface area contributed by atoms with E-state index in [-0.39, 0.29) is 0 Å². The highest BCUT2D eigenvalue weighted by Crippen LogP contribution is 2.30. The molecule has 0 aliphatic carbocycles. The lowest BCUT2D eigenvalue weighted by molar-refractivity contribution is -0.140. The zero-order valence-electron chi connectivity index (χ0n) is 13.3. The standard InChI is InChI=1S/C15H20F3N5S/c1-2-19-14(21-7-10-23-8-3-4-9-23)20-6-5-13-22-12(11-24-13)15(16,17)18/h3-4,8-9,11H,2,5-7,10H2,1H3,(H2,19,20,21). The van der Waals surface area contributed by atoms with Gasteiger partial charge in [-0.05, 0) is 19.1 Å². The van der Waals surface area contributed by atoms with E-state index in [1.165, 1.54) is 0 Å². The molecule has 0 aliphatic heterocycles. The van der Waals surface area contributed by atoms with E-state index in [4.69, 9.17) is 0 Å². The smallest absolute Gasteiger partial charge is 0.357 e. The number of aromatic nitrogens is 2. The minimum Gasteiger partial charge on any atom is -0.357 e. The van der Waals surface area contributed by atoms with Gasteiger partial charge in [-0.3, -0.25) is 4.99 Å². The predicted octanol–water partition coefficient (Wildman–Crippen LogP) is 2.76. The van der Waals surface area contributed by atoms with Crippen molar-refractivity contribution in [3.05, 3.63) is 40.6 Å². The van der Waals surface area contributed by atoms with Crippen molar-refractivity contribution < 1.29 is 13.2 Å². The molecule has 5 nitrogen and oxygen atoms in total. The summed E-state index contributed by atoms with van der Waals surface area (Å²) in [6.45, 7) is 4.56. The summed E-state index contributed by atoms with van der Waals surface area (Å²) in [5, 5.41) is 7.79. The summed E-state index contributed by atoms with van der Waals surface area (Å²) in [6.07, 6.45) is -0.0409. The zero-order chi connectivity index (χ0) is 17.4. The van der Waals surface area contributed by atoms with Crippen LogP contribution in [-0.2, 0) is 19.1 Å². The number of thiazole rings is 1. The topological polar surface area (TPSA) is 54.2 Å². The maximum atomic E-state index is 12.5.